The Morgan fingerprint density at radius 1 is 1.32 bits per heavy atom. The maximum Gasteiger partial charge on any atom is 0.186 e. The lowest BCUT2D eigenvalue weighted by molar-refractivity contribution is 0.112. The van der Waals surface area contributed by atoms with Gasteiger partial charge in [0.05, 0.1) is 10.6 Å². The molecule has 0 aliphatic carbocycles. The standard InChI is InChI=1S/C15H18N2OS/c1-11(2)14-13(10-18)19-15(16-14)17(3)9-12-7-5-4-6-8-12/h4-8,10-11H,9H2,1-3H3. The molecule has 0 amide bonds. The molecule has 0 bridgehead atoms. The maximum atomic E-state index is 11.1. The normalized spacial score (nSPS) is 10.7. The topological polar surface area (TPSA) is 33.2 Å². The van der Waals surface area contributed by atoms with Crippen LogP contribution in [-0.4, -0.2) is 18.3 Å². The van der Waals surface area contributed by atoms with E-state index in [4.69, 9.17) is 0 Å². The van der Waals surface area contributed by atoms with Crippen molar-refractivity contribution in [1.82, 2.24) is 4.98 Å². The average Bonchev–Trinajstić information content (AvgIpc) is 2.84. The molecular weight excluding hydrogens is 256 g/mol. The number of anilines is 1. The van der Waals surface area contributed by atoms with Crippen LogP contribution in [0.15, 0.2) is 30.3 Å². The van der Waals surface area contributed by atoms with Crippen molar-refractivity contribution >= 4 is 22.8 Å². The highest BCUT2D eigenvalue weighted by atomic mass is 32.1. The van der Waals surface area contributed by atoms with Gasteiger partial charge in [0.25, 0.3) is 0 Å². The van der Waals surface area contributed by atoms with Crippen LogP contribution in [0.1, 0.15) is 40.7 Å². The van der Waals surface area contributed by atoms with E-state index in [-0.39, 0.29) is 5.92 Å². The molecule has 3 nitrogen and oxygen atoms in total. The average molecular weight is 274 g/mol. The number of thiazole rings is 1. The predicted molar refractivity (Wildman–Crippen MR) is 80.1 cm³/mol. The minimum absolute atomic E-state index is 0.273. The molecule has 4 heteroatoms. The summed E-state index contributed by atoms with van der Waals surface area (Å²) < 4.78 is 0. The van der Waals surface area contributed by atoms with Crippen LogP contribution in [-0.2, 0) is 6.54 Å². The van der Waals surface area contributed by atoms with Gasteiger partial charge in [0, 0.05) is 13.6 Å². The zero-order valence-electron chi connectivity index (χ0n) is 11.5. The molecule has 0 aliphatic heterocycles. The molecule has 0 spiro atoms. The minimum Gasteiger partial charge on any atom is -0.347 e. The molecule has 100 valence electrons. The lowest BCUT2D eigenvalue weighted by Gasteiger charge is -2.15. The Morgan fingerprint density at radius 3 is 2.53 bits per heavy atom. The number of benzene rings is 1. The molecule has 0 fully saturated rings. The van der Waals surface area contributed by atoms with E-state index >= 15 is 0 Å². The molecule has 1 aromatic carbocycles. The molecule has 0 saturated heterocycles. The van der Waals surface area contributed by atoms with E-state index in [0.717, 1.165) is 28.5 Å². The van der Waals surface area contributed by atoms with Crippen LogP contribution in [0.25, 0.3) is 0 Å². The second kappa shape index (κ2) is 5.97. The van der Waals surface area contributed by atoms with Crippen LogP contribution in [0, 0.1) is 0 Å². The molecular formula is C15H18N2OS. The summed E-state index contributed by atoms with van der Waals surface area (Å²) in [4.78, 5) is 18.5. The predicted octanol–water partition coefficient (Wildman–Crippen LogP) is 3.72. The Kier molecular flexibility index (Phi) is 4.32. The fraction of sp³-hybridized carbons (Fsp3) is 0.333. The number of nitrogens with zero attached hydrogens (tertiary/aromatic N) is 2. The summed E-state index contributed by atoms with van der Waals surface area (Å²) in [7, 11) is 2.00. The maximum absolute atomic E-state index is 11.1. The number of rotatable bonds is 5. The molecule has 0 N–H and O–H groups in total. The largest absolute Gasteiger partial charge is 0.347 e. The molecule has 2 aromatic rings. The van der Waals surface area contributed by atoms with Crippen molar-refractivity contribution in [2.45, 2.75) is 26.3 Å². The molecule has 1 aromatic heterocycles. The molecule has 0 atom stereocenters. The zero-order valence-corrected chi connectivity index (χ0v) is 12.3. The number of carbonyl (C=O) groups is 1. The second-order valence-corrected chi connectivity index (χ2v) is 5.87. The first kappa shape index (κ1) is 13.7. The monoisotopic (exact) mass is 274 g/mol. The first-order valence-corrected chi connectivity index (χ1v) is 7.14. The van der Waals surface area contributed by atoms with Crippen molar-refractivity contribution in [3.8, 4) is 0 Å². The van der Waals surface area contributed by atoms with Crippen molar-refractivity contribution in [3.63, 3.8) is 0 Å². The van der Waals surface area contributed by atoms with Crippen molar-refractivity contribution in [2.24, 2.45) is 0 Å². The number of hydrogen-bond donors (Lipinski definition) is 0. The fourth-order valence-corrected chi connectivity index (χ4v) is 2.91. The van der Waals surface area contributed by atoms with E-state index in [1.54, 1.807) is 0 Å². The van der Waals surface area contributed by atoms with Crippen LogP contribution >= 0.6 is 11.3 Å². The summed E-state index contributed by atoms with van der Waals surface area (Å²) in [5.74, 6) is 0.273. The number of aromatic nitrogens is 1. The molecule has 0 saturated carbocycles. The first-order valence-electron chi connectivity index (χ1n) is 6.32. The van der Waals surface area contributed by atoms with Gasteiger partial charge in [-0.3, -0.25) is 4.79 Å². The number of aldehydes is 1. The summed E-state index contributed by atoms with van der Waals surface area (Å²) in [5, 5.41) is 0.898. The third-order valence-electron chi connectivity index (χ3n) is 2.91. The van der Waals surface area contributed by atoms with E-state index in [9.17, 15) is 4.79 Å². The van der Waals surface area contributed by atoms with Gasteiger partial charge in [-0.15, -0.1) is 0 Å². The number of hydrogen-bond acceptors (Lipinski definition) is 4. The van der Waals surface area contributed by atoms with Gasteiger partial charge in [-0.25, -0.2) is 4.98 Å². The zero-order chi connectivity index (χ0) is 13.8. The highest BCUT2D eigenvalue weighted by molar-refractivity contribution is 7.17. The molecule has 0 unspecified atom stereocenters. The van der Waals surface area contributed by atoms with Gasteiger partial charge >= 0.3 is 0 Å². The Bertz CT molecular complexity index is 549. The van der Waals surface area contributed by atoms with E-state index in [0.29, 0.717) is 0 Å². The summed E-state index contributed by atoms with van der Waals surface area (Å²) >= 11 is 1.46. The van der Waals surface area contributed by atoms with Crippen molar-refractivity contribution in [3.05, 3.63) is 46.5 Å². The lowest BCUT2D eigenvalue weighted by Crippen LogP contribution is -2.16. The van der Waals surface area contributed by atoms with E-state index in [1.165, 1.54) is 16.9 Å². The van der Waals surface area contributed by atoms with Gasteiger partial charge in [0.2, 0.25) is 0 Å². The Hall–Kier alpha value is -1.68. The van der Waals surface area contributed by atoms with E-state index in [2.05, 4.69) is 35.9 Å². The Morgan fingerprint density at radius 2 is 2.00 bits per heavy atom. The molecule has 0 aliphatic rings. The minimum atomic E-state index is 0.273. The molecule has 19 heavy (non-hydrogen) atoms. The van der Waals surface area contributed by atoms with Crippen LogP contribution in [0.2, 0.25) is 0 Å². The highest BCUT2D eigenvalue weighted by Crippen LogP contribution is 2.29. The van der Waals surface area contributed by atoms with Crippen LogP contribution < -0.4 is 4.90 Å². The molecule has 0 radical (unpaired) electrons. The third-order valence-corrected chi connectivity index (χ3v) is 4.02. The van der Waals surface area contributed by atoms with Crippen LogP contribution in [0.4, 0.5) is 5.13 Å². The van der Waals surface area contributed by atoms with Crippen LogP contribution in [0.5, 0.6) is 0 Å². The van der Waals surface area contributed by atoms with Gasteiger partial charge < -0.3 is 4.90 Å². The van der Waals surface area contributed by atoms with Gasteiger partial charge in [0.1, 0.15) is 0 Å². The second-order valence-electron chi connectivity index (χ2n) is 4.86. The summed E-state index contributed by atoms with van der Waals surface area (Å²) in [6, 6.07) is 10.2. The first-order chi connectivity index (χ1) is 9.11. The fourth-order valence-electron chi connectivity index (χ4n) is 1.92. The SMILES string of the molecule is CC(C)c1nc(N(C)Cc2ccccc2)sc1C=O. The van der Waals surface area contributed by atoms with Crippen molar-refractivity contribution < 1.29 is 4.79 Å². The van der Waals surface area contributed by atoms with E-state index < -0.39 is 0 Å². The molecule has 1 heterocycles. The summed E-state index contributed by atoms with van der Waals surface area (Å²) in [6.45, 7) is 4.91. The number of carbonyl (C=O) groups excluding carboxylic acids is 1. The van der Waals surface area contributed by atoms with Crippen LogP contribution in [0.3, 0.4) is 0 Å². The Balaban J connectivity index is 2.20. The van der Waals surface area contributed by atoms with Gasteiger partial charge in [-0.1, -0.05) is 55.5 Å². The van der Waals surface area contributed by atoms with Gasteiger partial charge in [-0.2, -0.15) is 0 Å². The van der Waals surface area contributed by atoms with Crippen molar-refractivity contribution in [1.29, 1.82) is 0 Å². The van der Waals surface area contributed by atoms with Gasteiger partial charge in [-0.05, 0) is 11.5 Å². The quantitative estimate of drug-likeness (QED) is 0.779. The third kappa shape index (κ3) is 3.20. The molecule has 2 rings (SSSR count). The van der Waals surface area contributed by atoms with Gasteiger partial charge in [0.15, 0.2) is 11.4 Å². The lowest BCUT2D eigenvalue weighted by atomic mass is 10.1. The van der Waals surface area contributed by atoms with E-state index in [1.807, 2.05) is 25.2 Å². The van der Waals surface area contributed by atoms with Crippen molar-refractivity contribution in [2.75, 3.05) is 11.9 Å². The highest BCUT2D eigenvalue weighted by Gasteiger charge is 2.16. The summed E-state index contributed by atoms with van der Waals surface area (Å²) in [6.07, 6.45) is 0.910. The summed E-state index contributed by atoms with van der Waals surface area (Å²) in [5.41, 5.74) is 2.13. The Labute approximate surface area is 117 Å². The smallest absolute Gasteiger partial charge is 0.186 e.